The van der Waals surface area contributed by atoms with Crippen LogP contribution < -0.4 is 16.2 Å². The number of nitrogens with one attached hydrogen (secondary N) is 3. The van der Waals surface area contributed by atoms with Crippen LogP contribution in [0.15, 0.2) is 60.7 Å². The maximum Gasteiger partial charge on any atom is 0.269 e. The van der Waals surface area contributed by atoms with E-state index in [1.165, 1.54) is 6.08 Å². The average Bonchev–Trinajstić information content (AvgIpc) is 2.65. The van der Waals surface area contributed by atoms with Crippen LogP contribution in [0.1, 0.15) is 29.3 Å². The first-order valence-electron chi connectivity index (χ1n) is 7.82. The Balaban J connectivity index is 1.84. The first-order valence-corrected chi connectivity index (χ1v) is 7.82. The largest absolute Gasteiger partial charge is 0.326 e. The third kappa shape index (κ3) is 5.95. The van der Waals surface area contributed by atoms with Crippen LogP contribution in [0.2, 0.25) is 0 Å². The van der Waals surface area contributed by atoms with Crippen molar-refractivity contribution < 1.29 is 14.4 Å². The topological polar surface area (TPSA) is 87.3 Å². The van der Waals surface area contributed by atoms with Gasteiger partial charge in [-0.25, -0.2) is 0 Å². The van der Waals surface area contributed by atoms with Crippen molar-refractivity contribution in [1.82, 2.24) is 10.9 Å². The number of amides is 3. The Bertz CT molecular complexity index is 768. The highest BCUT2D eigenvalue weighted by Gasteiger charge is 2.06. The van der Waals surface area contributed by atoms with Crippen molar-refractivity contribution in [2.24, 2.45) is 0 Å². The van der Waals surface area contributed by atoms with Gasteiger partial charge in [-0.2, -0.15) is 0 Å². The van der Waals surface area contributed by atoms with Crippen molar-refractivity contribution >= 4 is 29.5 Å². The smallest absolute Gasteiger partial charge is 0.269 e. The monoisotopic (exact) mass is 337 g/mol. The van der Waals surface area contributed by atoms with Gasteiger partial charge in [0, 0.05) is 23.7 Å². The van der Waals surface area contributed by atoms with E-state index in [1.54, 1.807) is 37.3 Å². The van der Waals surface area contributed by atoms with Gasteiger partial charge in [0.25, 0.3) is 11.8 Å². The van der Waals surface area contributed by atoms with Crippen LogP contribution in [0.5, 0.6) is 0 Å². The zero-order chi connectivity index (χ0) is 18.1. The molecule has 0 unspecified atom stereocenters. The first-order chi connectivity index (χ1) is 12.1. The minimum Gasteiger partial charge on any atom is -0.326 e. The molecule has 0 aliphatic rings. The number of anilines is 1. The van der Waals surface area contributed by atoms with Gasteiger partial charge >= 0.3 is 0 Å². The molecule has 0 fully saturated rings. The lowest BCUT2D eigenvalue weighted by Crippen LogP contribution is -2.40. The fraction of sp³-hybridized carbons (Fsp3) is 0.105. The molecule has 0 saturated carbocycles. The summed E-state index contributed by atoms with van der Waals surface area (Å²) in [5, 5.41) is 2.69. The van der Waals surface area contributed by atoms with E-state index >= 15 is 0 Å². The second-order valence-electron chi connectivity index (χ2n) is 5.17. The molecular formula is C19H19N3O3. The summed E-state index contributed by atoms with van der Waals surface area (Å²) in [7, 11) is 0. The third-order valence-electron chi connectivity index (χ3n) is 3.28. The minimum atomic E-state index is -0.449. The Labute approximate surface area is 145 Å². The number of hydrogen-bond donors (Lipinski definition) is 3. The summed E-state index contributed by atoms with van der Waals surface area (Å²) < 4.78 is 0. The normalized spacial score (nSPS) is 10.3. The fourth-order valence-corrected chi connectivity index (χ4v) is 1.92. The van der Waals surface area contributed by atoms with Crippen molar-refractivity contribution in [3.63, 3.8) is 0 Å². The lowest BCUT2D eigenvalue weighted by atomic mass is 10.2. The van der Waals surface area contributed by atoms with E-state index in [0.29, 0.717) is 17.7 Å². The zero-order valence-electron chi connectivity index (χ0n) is 13.8. The molecule has 3 N–H and O–H groups in total. The second kappa shape index (κ2) is 9.02. The quantitative estimate of drug-likeness (QED) is 0.579. The lowest BCUT2D eigenvalue weighted by Gasteiger charge is -2.07. The summed E-state index contributed by atoms with van der Waals surface area (Å²) in [6.07, 6.45) is 3.36. The van der Waals surface area contributed by atoms with Crippen LogP contribution in [-0.2, 0) is 9.59 Å². The van der Waals surface area contributed by atoms with Crippen molar-refractivity contribution in [3.8, 4) is 0 Å². The SMILES string of the molecule is CCC(=O)Nc1ccc(C(=O)NNC(=O)C=Cc2ccccc2)cc1. The van der Waals surface area contributed by atoms with Gasteiger partial charge < -0.3 is 5.32 Å². The summed E-state index contributed by atoms with van der Waals surface area (Å²) in [6.45, 7) is 1.76. The highest BCUT2D eigenvalue weighted by atomic mass is 16.2. The van der Waals surface area contributed by atoms with Gasteiger partial charge in [-0.15, -0.1) is 0 Å². The average molecular weight is 337 g/mol. The molecule has 2 rings (SSSR count). The van der Waals surface area contributed by atoms with E-state index in [2.05, 4.69) is 16.2 Å². The third-order valence-corrected chi connectivity index (χ3v) is 3.28. The molecule has 6 heteroatoms. The Morgan fingerprint density at radius 2 is 1.60 bits per heavy atom. The Morgan fingerprint density at radius 1 is 0.920 bits per heavy atom. The molecule has 2 aromatic rings. The van der Waals surface area contributed by atoms with Gasteiger partial charge in [0.05, 0.1) is 0 Å². The van der Waals surface area contributed by atoms with Gasteiger partial charge in [0.1, 0.15) is 0 Å². The molecule has 128 valence electrons. The van der Waals surface area contributed by atoms with Gasteiger partial charge in [-0.1, -0.05) is 37.3 Å². The zero-order valence-corrected chi connectivity index (χ0v) is 13.8. The van der Waals surface area contributed by atoms with E-state index in [0.717, 1.165) is 5.56 Å². The summed E-state index contributed by atoms with van der Waals surface area (Å²) in [4.78, 5) is 35.0. The summed E-state index contributed by atoms with van der Waals surface area (Å²) in [5.41, 5.74) is 6.50. The molecular weight excluding hydrogens is 318 g/mol. The van der Waals surface area contributed by atoms with Crippen molar-refractivity contribution in [1.29, 1.82) is 0 Å². The van der Waals surface area contributed by atoms with Crippen LogP contribution in [0.3, 0.4) is 0 Å². The van der Waals surface area contributed by atoms with Gasteiger partial charge in [-0.3, -0.25) is 25.2 Å². The number of hydrogen-bond acceptors (Lipinski definition) is 3. The molecule has 25 heavy (non-hydrogen) atoms. The predicted octanol–water partition coefficient (Wildman–Crippen LogP) is 2.51. The van der Waals surface area contributed by atoms with Gasteiger partial charge in [-0.05, 0) is 35.9 Å². The highest BCUT2D eigenvalue weighted by Crippen LogP contribution is 2.09. The molecule has 3 amide bonds. The van der Waals surface area contributed by atoms with E-state index < -0.39 is 11.8 Å². The standard InChI is InChI=1S/C19H19N3O3/c1-2-17(23)20-16-11-9-15(10-12-16)19(25)22-21-18(24)13-8-14-6-4-3-5-7-14/h3-13H,2H2,1H3,(H,20,23)(H,21,24)(H,22,25). The van der Waals surface area contributed by atoms with E-state index in [-0.39, 0.29) is 5.91 Å². The van der Waals surface area contributed by atoms with Crippen molar-refractivity contribution in [2.75, 3.05) is 5.32 Å². The fourth-order valence-electron chi connectivity index (χ4n) is 1.92. The molecule has 0 saturated heterocycles. The first kappa shape index (κ1) is 17.9. The highest BCUT2D eigenvalue weighted by molar-refractivity contribution is 5.98. The van der Waals surface area contributed by atoms with E-state index in [4.69, 9.17) is 0 Å². The molecule has 0 radical (unpaired) electrons. The summed E-state index contributed by atoms with van der Waals surface area (Å²) in [5.74, 6) is -0.992. The number of hydrazine groups is 1. The van der Waals surface area contributed by atoms with Crippen LogP contribution in [0, 0.1) is 0 Å². The summed E-state index contributed by atoms with van der Waals surface area (Å²) in [6, 6.07) is 15.7. The van der Waals surface area contributed by atoms with E-state index in [9.17, 15) is 14.4 Å². The van der Waals surface area contributed by atoms with Crippen molar-refractivity contribution in [3.05, 3.63) is 71.8 Å². The molecule has 0 atom stereocenters. The molecule has 0 aliphatic heterocycles. The van der Waals surface area contributed by atoms with Gasteiger partial charge in [0.2, 0.25) is 5.91 Å². The molecule has 2 aromatic carbocycles. The second-order valence-corrected chi connectivity index (χ2v) is 5.17. The van der Waals surface area contributed by atoms with Gasteiger partial charge in [0.15, 0.2) is 0 Å². The van der Waals surface area contributed by atoms with Crippen LogP contribution >= 0.6 is 0 Å². The lowest BCUT2D eigenvalue weighted by molar-refractivity contribution is -0.117. The maximum atomic E-state index is 12.0. The molecule has 0 spiro atoms. The predicted molar refractivity (Wildman–Crippen MR) is 96.4 cm³/mol. The summed E-state index contributed by atoms with van der Waals surface area (Å²) >= 11 is 0. The number of rotatable bonds is 5. The number of carbonyl (C=O) groups is 3. The number of benzene rings is 2. The molecule has 0 aromatic heterocycles. The van der Waals surface area contributed by atoms with Crippen LogP contribution in [0.4, 0.5) is 5.69 Å². The molecule has 0 heterocycles. The number of carbonyl (C=O) groups excluding carboxylic acids is 3. The molecule has 6 nitrogen and oxygen atoms in total. The Kier molecular flexibility index (Phi) is 6.47. The Hall–Kier alpha value is -3.41. The molecule has 0 aliphatic carbocycles. The molecule has 0 bridgehead atoms. The maximum absolute atomic E-state index is 12.0. The van der Waals surface area contributed by atoms with Crippen molar-refractivity contribution in [2.45, 2.75) is 13.3 Å². The minimum absolute atomic E-state index is 0.102. The Morgan fingerprint density at radius 3 is 2.24 bits per heavy atom. The van der Waals surface area contributed by atoms with Crippen LogP contribution in [-0.4, -0.2) is 17.7 Å². The van der Waals surface area contributed by atoms with Crippen LogP contribution in [0.25, 0.3) is 6.08 Å². The van der Waals surface area contributed by atoms with E-state index in [1.807, 2.05) is 30.3 Å².